The van der Waals surface area contributed by atoms with E-state index < -0.39 is 0 Å². The number of nitrogens with one attached hydrogen (secondary N) is 2. The maximum Gasteiger partial charge on any atom is 0.273 e. The van der Waals surface area contributed by atoms with Crippen LogP contribution < -0.4 is 15.4 Å². The molecule has 3 rings (SSSR count). The highest BCUT2D eigenvalue weighted by Gasteiger charge is 2.12. The number of carbonyl (C=O) groups excluding carboxylic acids is 2. The molecule has 8 heteroatoms. The maximum absolute atomic E-state index is 12.2. The van der Waals surface area contributed by atoms with Crippen LogP contribution in [0.2, 0.25) is 5.02 Å². The summed E-state index contributed by atoms with van der Waals surface area (Å²) in [6, 6.07) is 15.1. The van der Waals surface area contributed by atoms with Crippen LogP contribution in [0.15, 0.2) is 59.1 Å². The monoisotopic (exact) mass is 413 g/mol. The van der Waals surface area contributed by atoms with Gasteiger partial charge in [0.2, 0.25) is 0 Å². The van der Waals surface area contributed by atoms with Crippen LogP contribution >= 0.6 is 11.6 Å². The van der Waals surface area contributed by atoms with Gasteiger partial charge in [0.15, 0.2) is 11.5 Å². The first-order valence-corrected chi connectivity index (χ1v) is 9.46. The smallest absolute Gasteiger partial charge is 0.273 e. The van der Waals surface area contributed by atoms with E-state index in [1.165, 1.54) is 0 Å². The predicted molar refractivity (Wildman–Crippen MR) is 109 cm³/mol. The zero-order valence-electron chi connectivity index (χ0n) is 15.8. The first-order valence-electron chi connectivity index (χ1n) is 9.08. The molecule has 0 bridgehead atoms. The Balaban J connectivity index is 1.52. The molecule has 0 saturated carbocycles. The molecule has 150 valence electrons. The molecule has 7 nitrogen and oxygen atoms in total. The molecule has 1 aromatic heterocycles. The second kappa shape index (κ2) is 9.75. The van der Waals surface area contributed by atoms with Crippen molar-refractivity contribution in [1.82, 2.24) is 10.5 Å². The zero-order valence-corrected chi connectivity index (χ0v) is 16.5. The summed E-state index contributed by atoms with van der Waals surface area (Å²) < 4.78 is 10.8. The Kier molecular flexibility index (Phi) is 6.86. The standard InChI is InChI=1S/C21H20ClN3O4/c1-2-11-23-21(27)19-12-18(29-25-19)13-28-17-9-7-16(8-10-17)24-20(26)14-3-5-15(22)6-4-14/h3-10,12H,2,11,13H2,1H3,(H,23,27)(H,24,26). The molecule has 2 amide bonds. The van der Waals surface area contributed by atoms with Crippen molar-refractivity contribution in [3.8, 4) is 5.75 Å². The van der Waals surface area contributed by atoms with Gasteiger partial charge in [0.25, 0.3) is 11.8 Å². The summed E-state index contributed by atoms with van der Waals surface area (Å²) in [6.45, 7) is 2.68. The van der Waals surface area contributed by atoms with E-state index in [1.807, 2.05) is 6.92 Å². The quantitative estimate of drug-likeness (QED) is 0.574. The van der Waals surface area contributed by atoms with Crippen LogP contribution in [0.4, 0.5) is 5.69 Å². The summed E-state index contributed by atoms with van der Waals surface area (Å²) in [5, 5.41) is 9.84. The van der Waals surface area contributed by atoms with E-state index in [0.717, 1.165) is 6.42 Å². The highest BCUT2D eigenvalue weighted by molar-refractivity contribution is 6.30. The fourth-order valence-electron chi connectivity index (χ4n) is 2.41. The van der Waals surface area contributed by atoms with Gasteiger partial charge in [0.05, 0.1) is 0 Å². The van der Waals surface area contributed by atoms with Crippen LogP contribution in [0.3, 0.4) is 0 Å². The minimum absolute atomic E-state index is 0.130. The number of rotatable bonds is 8. The lowest BCUT2D eigenvalue weighted by Crippen LogP contribution is -2.24. The van der Waals surface area contributed by atoms with Crippen molar-refractivity contribution in [2.45, 2.75) is 20.0 Å². The molecule has 0 aliphatic carbocycles. The number of hydrogen-bond donors (Lipinski definition) is 2. The fourth-order valence-corrected chi connectivity index (χ4v) is 2.54. The van der Waals surface area contributed by atoms with Crippen LogP contribution in [0, 0.1) is 0 Å². The summed E-state index contributed by atoms with van der Waals surface area (Å²) in [4.78, 5) is 24.0. The van der Waals surface area contributed by atoms with E-state index >= 15 is 0 Å². The van der Waals surface area contributed by atoms with Gasteiger partial charge in [0, 0.05) is 28.9 Å². The summed E-state index contributed by atoms with van der Waals surface area (Å²) in [5.74, 6) is 0.517. The van der Waals surface area contributed by atoms with Crippen LogP contribution in [0.25, 0.3) is 0 Å². The average Bonchev–Trinajstić information content (AvgIpc) is 3.21. The maximum atomic E-state index is 12.2. The Morgan fingerprint density at radius 1 is 1.07 bits per heavy atom. The number of aromatic nitrogens is 1. The predicted octanol–water partition coefficient (Wildman–Crippen LogP) is 4.30. The number of carbonyl (C=O) groups is 2. The topological polar surface area (TPSA) is 93.5 Å². The Labute approximate surface area is 173 Å². The van der Waals surface area contributed by atoms with Gasteiger partial charge in [-0.25, -0.2) is 0 Å². The summed E-state index contributed by atoms with van der Waals surface area (Å²) in [5.41, 5.74) is 1.36. The molecule has 29 heavy (non-hydrogen) atoms. The van der Waals surface area contributed by atoms with Crippen molar-refractivity contribution < 1.29 is 18.8 Å². The first-order chi connectivity index (χ1) is 14.0. The number of benzene rings is 2. The number of anilines is 1. The normalized spacial score (nSPS) is 10.4. The third-order valence-corrected chi connectivity index (χ3v) is 4.18. The Morgan fingerprint density at radius 2 is 1.79 bits per heavy atom. The molecule has 0 radical (unpaired) electrons. The number of halogens is 1. The van der Waals surface area contributed by atoms with E-state index in [2.05, 4.69) is 15.8 Å². The number of nitrogens with zero attached hydrogens (tertiary/aromatic N) is 1. The van der Waals surface area contributed by atoms with E-state index in [0.29, 0.717) is 34.3 Å². The van der Waals surface area contributed by atoms with E-state index in [-0.39, 0.29) is 24.1 Å². The van der Waals surface area contributed by atoms with Crippen molar-refractivity contribution >= 4 is 29.1 Å². The molecule has 1 heterocycles. The van der Waals surface area contributed by atoms with E-state index in [1.54, 1.807) is 54.6 Å². The van der Waals surface area contributed by atoms with Gasteiger partial charge in [-0.1, -0.05) is 23.7 Å². The summed E-state index contributed by atoms with van der Waals surface area (Å²) >= 11 is 5.83. The second-order valence-corrected chi connectivity index (χ2v) is 6.64. The molecule has 2 N–H and O–H groups in total. The largest absolute Gasteiger partial charge is 0.486 e. The van der Waals surface area contributed by atoms with Gasteiger partial charge in [-0.15, -0.1) is 0 Å². The molecule has 2 aromatic carbocycles. The minimum atomic E-state index is -0.275. The number of hydrogen-bond acceptors (Lipinski definition) is 5. The average molecular weight is 414 g/mol. The first kappa shape index (κ1) is 20.4. The van der Waals surface area contributed by atoms with Gasteiger partial charge in [-0.2, -0.15) is 0 Å². The van der Waals surface area contributed by atoms with Crippen molar-refractivity contribution in [2.24, 2.45) is 0 Å². The Bertz CT molecular complexity index is 968. The molecule has 0 saturated heterocycles. The van der Waals surface area contributed by atoms with E-state index in [9.17, 15) is 9.59 Å². The zero-order chi connectivity index (χ0) is 20.6. The lowest BCUT2D eigenvalue weighted by atomic mass is 10.2. The highest BCUT2D eigenvalue weighted by Crippen LogP contribution is 2.18. The SMILES string of the molecule is CCCNC(=O)c1cc(COc2ccc(NC(=O)c3ccc(Cl)cc3)cc2)on1. The lowest BCUT2D eigenvalue weighted by molar-refractivity contribution is 0.0943. The Morgan fingerprint density at radius 3 is 2.48 bits per heavy atom. The van der Waals surface area contributed by atoms with Crippen LogP contribution in [-0.2, 0) is 6.61 Å². The highest BCUT2D eigenvalue weighted by atomic mass is 35.5. The molecule has 0 aliphatic heterocycles. The molecular weight excluding hydrogens is 394 g/mol. The van der Waals surface area contributed by atoms with Gasteiger partial charge in [-0.05, 0) is 55.0 Å². The Hall–Kier alpha value is -3.32. The fraction of sp³-hybridized carbons (Fsp3) is 0.190. The second-order valence-electron chi connectivity index (χ2n) is 6.21. The molecule has 3 aromatic rings. The number of amides is 2. The van der Waals surface area contributed by atoms with Gasteiger partial charge in [0.1, 0.15) is 12.4 Å². The third kappa shape index (κ3) is 5.83. The van der Waals surface area contributed by atoms with Gasteiger partial charge in [-0.3, -0.25) is 9.59 Å². The molecule has 0 aliphatic rings. The summed E-state index contributed by atoms with van der Waals surface area (Å²) in [6.07, 6.45) is 0.843. The molecule has 0 atom stereocenters. The molecule has 0 unspecified atom stereocenters. The van der Waals surface area contributed by atoms with Crippen molar-refractivity contribution in [2.75, 3.05) is 11.9 Å². The van der Waals surface area contributed by atoms with Gasteiger partial charge < -0.3 is 19.9 Å². The van der Waals surface area contributed by atoms with Crippen molar-refractivity contribution in [1.29, 1.82) is 0 Å². The molecule has 0 fully saturated rings. The van der Waals surface area contributed by atoms with Crippen LogP contribution in [-0.4, -0.2) is 23.5 Å². The van der Waals surface area contributed by atoms with Crippen LogP contribution in [0.1, 0.15) is 40.0 Å². The van der Waals surface area contributed by atoms with E-state index in [4.69, 9.17) is 20.9 Å². The van der Waals surface area contributed by atoms with Gasteiger partial charge >= 0.3 is 0 Å². The third-order valence-electron chi connectivity index (χ3n) is 3.93. The molecular formula is C21H20ClN3O4. The minimum Gasteiger partial charge on any atom is -0.486 e. The molecule has 0 spiro atoms. The van der Waals surface area contributed by atoms with Crippen molar-refractivity contribution in [3.05, 3.63) is 76.6 Å². The summed E-state index contributed by atoms with van der Waals surface area (Å²) in [7, 11) is 0. The van der Waals surface area contributed by atoms with Crippen molar-refractivity contribution in [3.63, 3.8) is 0 Å². The van der Waals surface area contributed by atoms with Crippen LogP contribution in [0.5, 0.6) is 5.75 Å². The number of ether oxygens (including phenoxy) is 1. The lowest BCUT2D eigenvalue weighted by Gasteiger charge is -2.07.